The molecule has 340 valence electrons. The van der Waals surface area contributed by atoms with Crippen molar-refractivity contribution < 1.29 is 28.6 Å². The van der Waals surface area contributed by atoms with E-state index in [2.05, 4.69) is 45.1 Å². The van der Waals surface area contributed by atoms with E-state index in [4.69, 9.17) is 14.2 Å². The smallest absolute Gasteiger partial charge is 0.306 e. The predicted molar refractivity (Wildman–Crippen MR) is 247 cm³/mol. The number of allylic oxidation sites excluding steroid dienone is 4. The number of ether oxygens (including phenoxy) is 3. The molecule has 0 aromatic rings. The molecule has 0 heterocycles. The number of hydrogen-bond donors (Lipinski definition) is 0. The number of carbonyl (C=O) groups excluding carboxylic acids is 3. The molecular weight excluding hydrogens is 721 g/mol. The molecule has 0 aliphatic heterocycles. The zero-order valence-electron chi connectivity index (χ0n) is 38.8. The van der Waals surface area contributed by atoms with Crippen LogP contribution < -0.4 is 0 Å². The van der Waals surface area contributed by atoms with Crippen LogP contribution in [0.4, 0.5) is 0 Å². The molecule has 0 spiro atoms. The van der Waals surface area contributed by atoms with Gasteiger partial charge in [-0.05, 0) is 51.4 Å². The van der Waals surface area contributed by atoms with Gasteiger partial charge in [0.05, 0.1) is 0 Å². The molecule has 1 unspecified atom stereocenters. The van der Waals surface area contributed by atoms with E-state index in [-0.39, 0.29) is 31.1 Å². The molecule has 0 saturated carbocycles. The first-order valence-electron chi connectivity index (χ1n) is 25.3. The lowest BCUT2D eigenvalue weighted by Gasteiger charge is -2.18. The average molecular weight is 817 g/mol. The summed E-state index contributed by atoms with van der Waals surface area (Å²) < 4.78 is 16.8. The number of carbonyl (C=O) groups is 3. The van der Waals surface area contributed by atoms with E-state index < -0.39 is 6.10 Å². The minimum atomic E-state index is -0.767. The summed E-state index contributed by atoms with van der Waals surface area (Å²) in [6, 6.07) is 0. The molecule has 0 saturated heterocycles. The van der Waals surface area contributed by atoms with E-state index in [0.717, 1.165) is 70.6 Å². The summed E-state index contributed by atoms with van der Waals surface area (Å²) >= 11 is 0. The van der Waals surface area contributed by atoms with Gasteiger partial charge in [-0.2, -0.15) is 0 Å². The van der Waals surface area contributed by atoms with Gasteiger partial charge in [0.1, 0.15) is 13.2 Å². The highest BCUT2D eigenvalue weighted by Crippen LogP contribution is 2.15. The third-order valence-corrected chi connectivity index (χ3v) is 11.2. The summed E-state index contributed by atoms with van der Waals surface area (Å²) in [5.74, 6) is -0.869. The van der Waals surface area contributed by atoms with Gasteiger partial charge >= 0.3 is 17.9 Å². The topological polar surface area (TPSA) is 78.9 Å². The summed E-state index contributed by atoms with van der Waals surface area (Å²) in [4.78, 5) is 37.8. The third kappa shape index (κ3) is 45.0. The van der Waals surface area contributed by atoms with Crippen molar-refractivity contribution in [3.8, 4) is 0 Å². The van der Waals surface area contributed by atoms with E-state index >= 15 is 0 Å². The molecule has 0 aliphatic rings. The van der Waals surface area contributed by atoms with Gasteiger partial charge in [-0.15, -0.1) is 0 Å². The van der Waals surface area contributed by atoms with E-state index in [1.807, 2.05) is 0 Å². The van der Waals surface area contributed by atoms with Crippen LogP contribution in [-0.4, -0.2) is 37.2 Å². The zero-order valence-corrected chi connectivity index (χ0v) is 38.8. The van der Waals surface area contributed by atoms with Crippen molar-refractivity contribution in [1.82, 2.24) is 0 Å². The number of esters is 3. The Kier molecular flexibility index (Phi) is 45.8. The maximum Gasteiger partial charge on any atom is 0.306 e. The summed E-state index contributed by atoms with van der Waals surface area (Å²) in [7, 11) is 0. The van der Waals surface area contributed by atoms with Crippen LogP contribution in [0.25, 0.3) is 0 Å². The van der Waals surface area contributed by atoms with Gasteiger partial charge in [-0.25, -0.2) is 0 Å². The van der Waals surface area contributed by atoms with Crippen LogP contribution in [0.15, 0.2) is 24.3 Å². The Hall–Kier alpha value is -2.11. The van der Waals surface area contributed by atoms with E-state index in [1.165, 1.54) is 161 Å². The van der Waals surface area contributed by atoms with Crippen molar-refractivity contribution >= 4 is 17.9 Å². The Balaban J connectivity index is 4.29. The van der Waals surface area contributed by atoms with Gasteiger partial charge in [-0.1, -0.05) is 225 Å². The zero-order chi connectivity index (χ0) is 42.3. The highest BCUT2D eigenvalue weighted by Gasteiger charge is 2.19. The van der Waals surface area contributed by atoms with Crippen LogP contribution in [0.5, 0.6) is 0 Å². The fraction of sp³-hybridized carbons (Fsp3) is 0.865. The van der Waals surface area contributed by atoms with Gasteiger partial charge in [0, 0.05) is 19.3 Å². The standard InChI is InChI=1S/C52H96O6/c1-4-7-10-13-16-19-21-23-24-25-26-27-29-30-33-36-39-42-45-51(54)57-48-49(47-56-50(53)44-41-38-35-32-18-15-12-9-6-3)58-52(55)46-43-40-37-34-31-28-22-20-17-14-11-8-5-2/h19,21,24-25,49H,4-18,20,22-23,26-48H2,1-3H3/b21-19-,25-24-. The van der Waals surface area contributed by atoms with Crippen LogP contribution in [0.3, 0.4) is 0 Å². The Bertz CT molecular complexity index is 942. The van der Waals surface area contributed by atoms with Crippen molar-refractivity contribution in [3.63, 3.8) is 0 Å². The van der Waals surface area contributed by atoms with Gasteiger partial charge < -0.3 is 14.2 Å². The first kappa shape index (κ1) is 55.9. The lowest BCUT2D eigenvalue weighted by molar-refractivity contribution is -0.167. The molecule has 0 radical (unpaired) electrons. The second kappa shape index (κ2) is 47.6. The minimum absolute atomic E-state index is 0.0695. The summed E-state index contributed by atoms with van der Waals surface area (Å²) in [5, 5.41) is 0. The Labute approximate surface area is 360 Å². The predicted octanol–water partition coefficient (Wildman–Crippen LogP) is 16.4. The molecule has 6 heteroatoms. The van der Waals surface area contributed by atoms with Crippen molar-refractivity contribution in [2.75, 3.05) is 13.2 Å². The molecule has 0 bridgehead atoms. The second-order valence-corrected chi connectivity index (χ2v) is 17.1. The Morgan fingerprint density at radius 3 is 0.966 bits per heavy atom. The SMILES string of the molecule is CCCCCC/C=C\C/C=C\CCCCCCCCCC(=O)OCC(COC(=O)CCCCCCCCCCC)OC(=O)CCCCCCCCCCCCCCC. The maximum atomic E-state index is 12.7. The van der Waals surface area contributed by atoms with Gasteiger partial charge in [0.25, 0.3) is 0 Å². The van der Waals surface area contributed by atoms with E-state index in [1.54, 1.807) is 0 Å². The number of rotatable bonds is 46. The largest absolute Gasteiger partial charge is 0.462 e. The number of unbranched alkanes of at least 4 members (excludes halogenated alkanes) is 31. The molecule has 0 aromatic heterocycles. The average Bonchev–Trinajstić information content (AvgIpc) is 3.22. The lowest BCUT2D eigenvalue weighted by Crippen LogP contribution is -2.30. The van der Waals surface area contributed by atoms with Crippen LogP contribution in [0.2, 0.25) is 0 Å². The summed E-state index contributed by atoms with van der Waals surface area (Å²) in [5.41, 5.74) is 0. The molecule has 0 amide bonds. The first-order valence-corrected chi connectivity index (χ1v) is 25.3. The fourth-order valence-electron chi connectivity index (χ4n) is 7.36. The summed E-state index contributed by atoms with van der Waals surface area (Å²) in [6.45, 7) is 6.61. The first-order chi connectivity index (χ1) is 28.5. The normalized spacial score (nSPS) is 12.1. The fourth-order valence-corrected chi connectivity index (χ4v) is 7.36. The quantitative estimate of drug-likeness (QED) is 0.0263. The highest BCUT2D eigenvalue weighted by atomic mass is 16.6. The van der Waals surface area contributed by atoms with Crippen LogP contribution in [-0.2, 0) is 28.6 Å². The van der Waals surface area contributed by atoms with Crippen molar-refractivity contribution in [1.29, 1.82) is 0 Å². The Morgan fingerprint density at radius 2 is 0.621 bits per heavy atom. The third-order valence-electron chi connectivity index (χ3n) is 11.2. The highest BCUT2D eigenvalue weighted by molar-refractivity contribution is 5.71. The van der Waals surface area contributed by atoms with Crippen molar-refractivity contribution in [2.24, 2.45) is 0 Å². The van der Waals surface area contributed by atoms with Crippen LogP contribution in [0, 0.1) is 0 Å². The molecule has 58 heavy (non-hydrogen) atoms. The molecule has 0 aliphatic carbocycles. The van der Waals surface area contributed by atoms with E-state index in [0.29, 0.717) is 19.3 Å². The van der Waals surface area contributed by atoms with Crippen molar-refractivity contribution in [2.45, 2.75) is 277 Å². The van der Waals surface area contributed by atoms with Crippen molar-refractivity contribution in [3.05, 3.63) is 24.3 Å². The molecule has 0 aromatic carbocycles. The molecule has 0 N–H and O–H groups in total. The second-order valence-electron chi connectivity index (χ2n) is 17.1. The number of hydrogen-bond acceptors (Lipinski definition) is 6. The molecule has 6 nitrogen and oxygen atoms in total. The minimum Gasteiger partial charge on any atom is -0.462 e. The molecular formula is C52H96O6. The summed E-state index contributed by atoms with van der Waals surface area (Å²) in [6.07, 6.45) is 53.0. The monoisotopic (exact) mass is 817 g/mol. The van der Waals surface area contributed by atoms with E-state index in [9.17, 15) is 14.4 Å². The lowest BCUT2D eigenvalue weighted by atomic mass is 10.0. The molecule has 1 atom stereocenters. The molecule has 0 rings (SSSR count). The van der Waals surface area contributed by atoms with Gasteiger partial charge in [0.15, 0.2) is 6.10 Å². The van der Waals surface area contributed by atoms with Crippen LogP contribution >= 0.6 is 0 Å². The van der Waals surface area contributed by atoms with Gasteiger partial charge in [0.2, 0.25) is 0 Å². The Morgan fingerprint density at radius 1 is 0.345 bits per heavy atom. The van der Waals surface area contributed by atoms with Crippen LogP contribution in [0.1, 0.15) is 271 Å². The van der Waals surface area contributed by atoms with Gasteiger partial charge in [-0.3, -0.25) is 14.4 Å². The molecule has 0 fully saturated rings. The maximum absolute atomic E-state index is 12.7.